The molecule has 0 fully saturated rings. The van der Waals surface area contributed by atoms with Crippen LogP contribution in [0.3, 0.4) is 0 Å². The summed E-state index contributed by atoms with van der Waals surface area (Å²) in [6, 6.07) is 30.1. The van der Waals surface area contributed by atoms with Crippen LogP contribution in [0.1, 0.15) is 43.0 Å². The van der Waals surface area contributed by atoms with Crippen molar-refractivity contribution in [1.82, 2.24) is 0 Å². The molecule has 5 aromatic rings. The Labute approximate surface area is 262 Å². The van der Waals surface area contributed by atoms with Crippen LogP contribution in [0.15, 0.2) is 140 Å². The smallest absolute Gasteiger partial charge is 0.00204 e. The first-order chi connectivity index (χ1) is 21.4. The molecule has 0 heteroatoms. The Morgan fingerprint density at radius 2 is 1.39 bits per heavy atom. The molecule has 0 amide bonds. The minimum absolute atomic E-state index is 0.842. The topological polar surface area (TPSA) is 0 Å². The van der Waals surface area contributed by atoms with E-state index in [4.69, 9.17) is 0 Å². The van der Waals surface area contributed by atoms with Crippen molar-refractivity contribution in [3.05, 3.63) is 173 Å². The number of rotatable bonds is 9. The molecule has 0 spiro atoms. The molecule has 5 aromatic carbocycles. The van der Waals surface area contributed by atoms with Gasteiger partial charge in [0, 0.05) is 0 Å². The van der Waals surface area contributed by atoms with Crippen molar-refractivity contribution in [3.8, 4) is 11.1 Å². The second kappa shape index (κ2) is 13.4. The number of hydrogen-bond acceptors (Lipinski definition) is 0. The van der Waals surface area contributed by atoms with Gasteiger partial charge in [0.1, 0.15) is 0 Å². The molecule has 0 aliphatic carbocycles. The maximum Gasteiger partial charge on any atom is -0.00204 e. The number of allylic oxidation sites excluding steroid dienone is 7. The van der Waals surface area contributed by atoms with Gasteiger partial charge in [0.05, 0.1) is 0 Å². The van der Waals surface area contributed by atoms with E-state index in [0.29, 0.717) is 0 Å². The number of fused-ring (bicyclic) bond motifs is 2. The Hall–Kier alpha value is -5.20. The lowest BCUT2D eigenvalue weighted by Crippen LogP contribution is -2.23. The van der Waals surface area contributed by atoms with E-state index in [9.17, 15) is 0 Å². The molecule has 0 N–H and O–H groups in total. The van der Waals surface area contributed by atoms with Crippen LogP contribution < -0.4 is 10.4 Å². The van der Waals surface area contributed by atoms with Gasteiger partial charge in [-0.05, 0) is 115 Å². The summed E-state index contributed by atoms with van der Waals surface area (Å²) in [4.78, 5) is 0. The molecule has 0 aliphatic rings. The summed E-state index contributed by atoms with van der Waals surface area (Å²) in [5, 5.41) is 6.77. The van der Waals surface area contributed by atoms with Crippen LogP contribution in [0.5, 0.6) is 0 Å². The summed E-state index contributed by atoms with van der Waals surface area (Å²) < 4.78 is 0. The third-order valence-electron chi connectivity index (χ3n) is 8.38. The zero-order valence-electron chi connectivity index (χ0n) is 26.2. The molecule has 0 aliphatic heterocycles. The van der Waals surface area contributed by atoms with E-state index in [1.165, 1.54) is 44.0 Å². The fourth-order valence-electron chi connectivity index (χ4n) is 6.03. The average molecular weight is 569 g/mol. The van der Waals surface area contributed by atoms with Gasteiger partial charge in [0.15, 0.2) is 0 Å². The molecule has 0 heterocycles. The molecule has 216 valence electrons. The molecule has 0 radical (unpaired) electrons. The Kier molecular flexibility index (Phi) is 9.22. The third kappa shape index (κ3) is 5.98. The number of hydrogen-bond donors (Lipinski definition) is 0. The fraction of sp³-hybridized carbons (Fsp3) is 0.0909. The molecule has 0 unspecified atom stereocenters. The molecule has 5 rings (SSSR count). The first kappa shape index (κ1) is 30.3. The second-order valence-electron chi connectivity index (χ2n) is 11.2. The third-order valence-corrected chi connectivity index (χ3v) is 8.38. The lowest BCUT2D eigenvalue weighted by molar-refractivity contribution is 1.24. The van der Waals surface area contributed by atoms with Gasteiger partial charge in [0.25, 0.3) is 0 Å². The SMILES string of the molecule is C=Cc1c(C=C)c(-c2cccc3ccccc23)c2ccccc2c1C(=C)C=c1cc(CC=CC(C)=C(C)C=CC)ccc1=C. The summed E-state index contributed by atoms with van der Waals surface area (Å²) in [6.07, 6.45) is 15.6. The predicted octanol–water partition coefficient (Wildman–Crippen LogP) is 10.9. The highest BCUT2D eigenvalue weighted by Crippen LogP contribution is 2.43. The van der Waals surface area contributed by atoms with Gasteiger partial charge in [0.2, 0.25) is 0 Å². The van der Waals surface area contributed by atoms with Crippen molar-refractivity contribution in [2.45, 2.75) is 27.2 Å². The van der Waals surface area contributed by atoms with Crippen molar-refractivity contribution in [1.29, 1.82) is 0 Å². The largest absolute Gasteiger partial charge is 0.0984 e. The van der Waals surface area contributed by atoms with E-state index >= 15 is 0 Å². The van der Waals surface area contributed by atoms with Crippen molar-refractivity contribution in [2.24, 2.45) is 0 Å². The van der Waals surface area contributed by atoms with E-state index < -0.39 is 0 Å². The Morgan fingerprint density at radius 3 is 2.11 bits per heavy atom. The predicted molar refractivity (Wildman–Crippen MR) is 198 cm³/mol. The summed E-state index contributed by atoms with van der Waals surface area (Å²) in [5.41, 5.74) is 10.2. The van der Waals surface area contributed by atoms with Crippen LogP contribution in [-0.4, -0.2) is 0 Å². The van der Waals surface area contributed by atoms with Crippen molar-refractivity contribution < 1.29 is 0 Å². The first-order valence-electron chi connectivity index (χ1n) is 15.1. The molecular formula is C44H40. The maximum absolute atomic E-state index is 4.61. The van der Waals surface area contributed by atoms with E-state index in [1.807, 2.05) is 19.1 Å². The lowest BCUT2D eigenvalue weighted by atomic mass is 9.82. The van der Waals surface area contributed by atoms with Gasteiger partial charge in [-0.3, -0.25) is 0 Å². The van der Waals surface area contributed by atoms with Crippen LogP contribution in [-0.2, 0) is 6.42 Å². The van der Waals surface area contributed by atoms with Crippen molar-refractivity contribution in [2.75, 3.05) is 0 Å². The molecule has 0 saturated heterocycles. The molecule has 44 heavy (non-hydrogen) atoms. The quantitative estimate of drug-likeness (QED) is 0.155. The van der Waals surface area contributed by atoms with Crippen LogP contribution >= 0.6 is 0 Å². The first-order valence-corrected chi connectivity index (χ1v) is 15.1. The highest BCUT2D eigenvalue weighted by molar-refractivity contribution is 6.15. The van der Waals surface area contributed by atoms with Crippen molar-refractivity contribution >= 4 is 51.9 Å². The van der Waals surface area contributed by atoms with Gasteiger partial charge in [-0.15, -0.1) is 0 Å². The molecule has 0 bridgehead atoms. The van der Waals surface area contributed by atoms with Crippen LogP contribution in [0.25, 0.3) is 63.1 Å². The van der Waals surface area contributed by atoms with Crippen LogP contribution in [0.4, 0.5) is 0 Å². The molecule has 0 aromatic heterocycles. The van der Waals surface area contributed by atoms with Gasteiger partial charge in [-0.25, -0.2) is 0 Å². The minimum Gasteiger partial charge on any atom is -0.0984 e. The van der Waals surface area contributed by atoms with Crippen LogP contribution in [0, 0.1) is 0 Å². The number of benzene rings is 5. The monoisotopic (exact) mass is 568 g/mol. The fourth-order valence-corrected chi connectivity index (χ4v) is 6.03. The summed E-state index contributed by atoms with van der Waals surface area (Å²) in [5.74, 6) is 0. The highest BCUT2D eigenvalue weighted by Gasteiger charge is 2.19. The van der Waals surface area contributed by atoms with E-state index in [2.05, 4.69) is 155 Å². The lowest BCUT2D eigenvalue weighted by Gasteiger charge is -2.21. The summed E-state index contributed by atoms with van der Waals surface area (Å²) in [7, 11) is 0. The van der Waals surface area contributed by atoms with Gasteiger partial charge < -0.3 is 0 Å². The van der Waals surface area contributed by atoms with E-state index in [1.54, 1.807) is 0 Å². The van der Waals surface area contributed by atoms with E-state index in [0.717, 1.165) is 44.5 Å². The standard InChI is InChI=1S/C44H40/c1-8-17-30(4)31(5)18-15-19-34-27-26-32(6)36(29-34)28-33(7)43-37(9-2)38(10-3)44(42-24-14-13-23-41(42)43)40-25-16-21-35-20-11-12-22-39(35)40/h8-18,20-29H,2-3,6-7,19H2,1,4-5H3. The summed E-state index contributed by atoms with van der Waals surface area (Å²) in [6.45, 7) is 23.8. The van der Waals surface area contributed by atoms with Gasteiger partial charge in [-0.2, -0.15) is 0 Å². The average Bonchev–Trinajstić information content (AvgIpc) is 3.04. The second-order valence-corrected chi connectivity index (χ2v) is 11.2. The minimum atomic E-state index is 0.842. The van der Waals surface area contributed by atoms with Crippen LogP contribution in [0.2, 0.25) is 0 Å². The van der Waals surface area contributed by atoms with Crippen molar-refractivity contribution in [3.63, 3.8) is 0 Å². The molecular weight excluding hydrogens is 528 g/mol. The Morgan fingerprint density at radius 1 is 0.727 bits per heavy atom. The maximum atomic E-state index is 4.61. The zero-order chi connectivity index (χ0) is 31.2. The van der Waals surface area contributed by atoms with Gasteiger partial charge >= 0.3 is 0 Å². The Bertz CT molecular complexity index is 2120. The van der Waals surface area contributed by atoms with E-state index in [-0.39, 0.29) is 0 Å². The molecule has 0 saturated carbocycles. The molecule has 0 nitrogen and oxygen atoms in total. The molecule has 0 atom stereocenters. The zero-order valence-corrected chi connectivity index (χ0v) is 26.2. The highest BCUT2D eigenvalue weighted by atomic mass is 14.2. The van der Waals surface area contributed by atoms with Gasteiger partial charge in [-0.1, -0.05) is 148 Å². The Balaban J connectivity index is 1.67. The normalized spacial score (nSPS) is 12.8. The summed E-state index contributed by atoms with van der Waals surface area (Å²) >= 11 is 0.